The Labute approximate surface area is 152 Å². The Kier molecular flexibility index (Phi) is 5.37. The van der Waals surface area contributed by atoms with Crippen molar-refractivity contribution in [2.45, 2.75) is 12.8 Å². The minimum absolute atomic E-state index is 0.101. The van der Waals surface area contributed by atoms with E-state index in [0.29, 0.717) is 30.2 Å². The van der Waals surface area contributed by atoms with E-state index in [4.69, 9.17) is 0 Å². The maximum atomic E-state index is 12.4. The van der Waals surface area contributed by atoms with Crippen molar-refractivity contribution in [3.05, 3.63) is 39.9 Å². The molecule has 1 aromatic heterocycles. The molecule has 136 valence electrons. The zero-order chi connectivity index (χ0) is 18.5. The van der Waals surface area contributed by atoms with Gasteiger partial charge in [-0.15, -0.1) is 10.2 Å². The highest BCUT2D eigenvalue weighted by molar-refractivity contribution is 7.13. The molecule has 26 heavy (non-hydrogen) atoms. The van der Waals surface area contributed by atoms with Gasteiger partial charge in [0.05, 0.1) is 10.8 Å². The van der Waals surface area contributed by atoms with E-state index in [0.717, 1.165) is 0 Å². The first kappa shape index (κ1) is 17.7. The molecule has 2 N–H and O–H groups in total. The minimum atomic E-state index is -0.523. The van der Waals surface area contributed by atoms with Crippen LogP contribution in [0.1, 0.15) is 12.8 Å². The van der Waals surface area contributed by atoms with Gasteiger partial charge in [-0.05, 0) is 18.9 Å². The number of non-ortho nitro benzene ring substituents is 1. The summed E-state index contributed by atoms with van der Waals surface area (Å²) in [5.74, 6) is -0.543. The third kappa shape index (κ3) is 4.30. The molecular formula is C15H16N6O4S. The Bertz CT molecular complexity index is 812. The Balaban J connectivity index is 1.60. The van der Waals surface area contributed by atoms with Gasteiger partial charge in [0.1, 0.15) is 5.51 Å². The molecule has 11 heteroatoms. The standard InChI is InChI=1S/C15H16N6O4S/c22-13(18-14-19-16-9-26-14)10-3-2-6-20(8-10)15(23)17-11-4-1-5-12(7-11)21(24)25/h1,4-5,7,9-10H,2-3,6,8H2,(H,17,23)(H,18,19,22)/t10-/m0/s1. The molecule has 1 aliphatic heterocycles. The molecule has 1 saturated heterocycles. The molecule has 1 fully saturated rings. The van der Waals surface area contributed by atoms with Crippen LogP contribution in [0.2, 0.25) is 0 Å². The van der Waals surface area contributed by atoms with Crippen LogP contribution in [-0.2, 0) is 4.79 Å². The van der Waals surface area contributed by atoms with Crippen molar-refractivity contribution in [2.75, 3.05) is 23.7 Å². The van der Waals surface area contributed by atoms with Crippen LogP contribution in [0.5, 0.6) is 0 Å². The molecule has 2 aromatic rings. The monoisotopic (exact) mass is 376 g/mol. The number of carbonyl (C=O) groups is 2. The number of anilines is 2. The number of piperidine rings is 1. The Morgan fingerprint density at radius 3 is 2.92 bits per heavy atom. The van der Waals surface area contributed by atoms with Crippen molar-refractivity contribution in [2.24, 2.45) is 5.92 Å². The number of aromatic nitrogens is 2. The largest absolute Gasteiger partial charge is 0.324 e. The lowest BCUT2D eigenvalue weighted by Gasteiger charge is -2.31. The molecule has 10 nitrogen and oxygen atoms in total. The lowest BCUT2D eigenvalue weighted by molar-refractivity contribution is -0.384. The molecule has 0 bridgehead atoms. The summed E-state index contributed by atoms with van der Waals surface area (Å²) in [5.41, 5.74) is 1.76. The molecular weight excluding hydrogens is 360 g/mol. The Morgan fingerprint density at radius 1 is 1.35 bits per heavy atom. The molecule has 0 saturated carbocycles. The summed E-state index contributed by atoms with van der Waals surface area (Å²) in [7, 11) is 0. The van der Waals surface area contributed by atoms with E-state index in [1.54, 1.807) is 6.07 Å². The van der Waals surface area contributed by atoms with E-state index in [2.05, 4.69) is 20.8 Å². The van der Waals surface area contributed by atoms with Gasteiger partial charge in [-0.25, -0.2) is 4.79 Å². The summed E-state index contributed by atoms with van der Waals surface area (Å²) in [6.45, 7) is 0.786. The third-order valence-corrected chi connectivity index (χ3v) is 4.58. The second-order valence-corrected chi connectivity index (χ2v) is 6.59. The SMILES string of the molecule is O=C(Nc1nncs1)[C@H]1CCCN(C(=O)Nc2cccc([N+](=O)[O-])c2)C1. The third-order valence-electron chi connectivity index (χ3n) is 3.98. The fourth-order valence-corrected chi connectivity index (χ4v) is 3.16. The number of nitro groups is 1. The van der Waals surface area contributed by atoms with Gasteiger partial charge in [-0.2, -0.15) is 0 Å². The van der Waals surface area contributed by atoms with Gasteiger partial charge in [0.15, 0.2) is 0 Å². The summed E-state index contributed by atoms with van der Waals surface area (Å²) >= 11 is 1.23. The molecule has 0 spiro atoms. The normalized spacial score (nSPS) is 16.8. The summed E-state index contributed by atoms with van der Waals surface area (Å²) in [6.07, 6.45) is 1.36. The highest BCUT2D eigenvalue weighted by Gasteiger charge is 2.29. The van der Waals surface area contributed by atoms with Crippen LogP contribution >= 0.6 is 11.3 Å². The van der Waals surface area contributed by atoms with Crippen LogP contribution < -0.4 is 10.6 Å². The van der Waals surface area contributed by atoms with Crippen LogP contribution in [0.3, 0.4) is 0 Å². The van der Waals surface area contributed by atoms with Crippen LogP contribution in [-0.4, -0.2) is 45.0 Å². The van der Waals surface area contributed by atoms with E-state index in [-0.39, 0.29) is 30.1 Å². The maximum Gasteiger partial charge on any atom is 0.321 e. The van der Waals surface area contributed by atoms with Gasteiger partial charge < -0.3 is 15.5 Å². The average molecular weight is 376 g/mol. The number of urea groups is 1. The number of likely N-dealkylation sites (tertiary alicyclic amines) is 1. The first-order valence-electron chi connectivity index (χ1n) is 7.90. The molecule has 3 rings (SSSR count). The van der Waals surface area contributed by atoms with Gasteiger partial charge in [-0.3, -0.25) is 14.9 Å². The molecule has 0 radical (unpaired) electrons. The zero-order valence-corrected chi connectivity index (χ0v) is 14.4. The number of benzene rings is 1. The molecule has 1 aromatic carbocycles. The van der Waals surface area contributed by atoms with Gasteiger partial charge in [0.25, 0.3) is 5.69 Å². The van der Waals surface area contributed by atoms with Crippen LogP contribution in [0.25, 0.3) is 0 Å². The fraction of sp³-hybridized carbons (Fsp3) is 0.333. The fourth-order valence-electron chi connectivity index (χ4n) is 2.71. The van der Waals surface area contributed by atoms with Crippen LogP contribution in [0.4, 0.5) is 21.3 Å². The van der Waals surface area contributed by atoms with E-state index < -0.39 is 4.92 Å². The number of rotatable bonds is 4. The molecule has 0 aliphatic carbocycles. The Hall–Kier alpha value is -3.08. The molecule has 0 unspecified atom stereocenters. The van der Waals surface area contributed by atoms with E-state index in [9.17, 15) is 19.7 Å². The maximum absolute atomic E-state index is 12.4. The topological polar surface area (TPSA) is 130 Å². The summed E-state index contributed by atoms with van der Waals surface area (Å²) < 4.78 is 0. The van der Waals surface area contributed by atoms with Crippen molar-refractivity contribution in [1.82, 2.24) is 15.1 Å². The highest BCUT2D eigenvalue weighted by atomic mass is 32.1. The quantitative estimate of drug-likeness (QED) is 0.622. The van der Waals surface area contributed by atoms with Gasteiger partial charge >= 0.3 is 6.03 Å². The highest BCUT2D eigenvalue weighted by Crippen LogP contribution is 2.21. The zero-order valence-electron chi connectivity index (χ0n) is 13.6. The minimum Gasteiger partial charge on any atom is -0.324 e. The molecule has 3 amide bonds. The predicted molar refractivity (Wildman–Crippen MR) is 95.0 cm³/mol. The predicted octanol–water partition coefficient (Wildman–Crippen LogP) is 2.33. The smallest absolute Gasteiger partial charge is 0.321 e. The number of nitrogens with one attached hydrogen (secondary N) is 2. The number of nitrogens with zero attached hydrogens (tertiary/aromatic N) is 4. The van der Waals surface area contributed by atoms with Crippen molar-refractivity contribution < 1.29 is 14.5 Å². The molecule has 1 aliphatic rings. The van der Waals surface area contributed by atoms with E-state index in [1.807, 2.05) is 0 Å². The Morgan fingerprint density at radius 2 is 2.19 bits per heavy atom. The summed E-state index contributed by atoms with van der Waals surface area (Å²) in [5, 5.41) is 24.0. The lowest BCUT2D eigenvalue weighted by atomic mass is 9.97. The van der Waals surface area contributed by atoms with Crippen LogP contribution in [0, 0.1) is 16.0 Å². The van der Waals surface area contributed by atoms with Crippen molar-refractivity contribution in [3.63, 3.8) is 0 Å². The van der Waals surface area contributed by atoms with Gasteiger partial charge in [0.2, 0.25) is 11.0 Å². The first-order valence-corrected chi connectivity index (χ1v) is 8.78. The number of nitro benzene ring substituents is 1. The van der Waals surface area contributed by atoms with Gasteiger partial charge in [0, 0.05) is 30.9 Å². The average Bonchev–Trinajstić information content (AvgIpc) is 3.15. The number of hydrogen-bond acceptors (Lipinski definition) is 7. The molecule has 2 heterocycles. The van der Waals surface area contributed by atoms with Crippen molar-refractivity contribution >= 4 is 39.8 Å². The second kappa shape index (κ2) is 7.87. The van der Waals surface area contributed by atoms with Crippen molar-refractivity contribution in [1.29, 1.82) is 0 Å². The number of amides is 3. The number of carbonyl (C=O) groups excluding carboxylic acids is 2. The van der Waals surface area contributed by atoms with Crippen molar-refractivity contribution in [3.8, 4) is 0 Å². The molecule has 1 atom stereocenters. The second-order valence-electron chi connectivity index (χ2n) is 5.76. The van der Waals surface area contributed by atoms with Gasteiger partial charge in [-0.1, -0.05) is 17.4 Å². The lowest BCUT2D eigenvalue weighted by Crippen LogP contribution is -2.45. The number of hydrogen-bond donors (Lipinski definition) is 2. The van der Waals surface area contributed by atoms with Crippen LogP contribution in [0.15, 0.2) is 29.8 Å². The van der Waals surface area contributed by atoms with E-state index in [1.165, 1.54) is 39.9 Å². The first-order chi connectivity index (χ1) is 12.5. The van der Waals surface area contributed by atoms with E-state index >= 15 is 0 Å². The summed E-state index contributed by atoms with van der Waals surface area (Å²) in [6, 6.07) is 5.33. The summed E-state index contributed by atoms with van der Waals surface area (Å²) in [4.78, 5) is 36.6.